The molecule has 13 heavy (non-hydrogen) atoms. The summed E-state index contributed by atoms with van der Waals surface area (Å²) >= 11 is 0. The summed E-state index contributed by atoms with van der Waals surface area (Å²) in [5.41, 5.74) is 0. The molecule has 0 aromatic heterocycles. The molecule has 2 aliphatic rings. The maximum atomic E-state index is 11.6. The van der Waals surface area contributed by atoms with Gasteiger partial charge in [-0.2, -0.15) is 0 Å². The Morgan fingerprint density at radius 2 is 2.31 bits per heavy atom. The van der Waals surface area contributed by atoms with Crippen LogP contribution in [0.2, 0.25) is 0 Å². The average Bonchev–Trinajstić information content (AvgIpc) is 2.01. The fourth-order valence-corrected chi connectivity index (χ4v) is 1.46. The van der Waals surface area contributed by atoms with Crippen LogP contribution >= 0.6 is 0 Å². The zero-order valence-electron chi connectivity index (χ0n) is 7.28. The van der Waals surface area contributed by atoms with Crippen LogP contribution in [0.1, 0.15) is 0 Å². The molecule has 5 heteroatoms. The van der Waals surface area contributed by atoms with Crippen LogP contribution < -0.4 is 5.32 Å². The first-order valence-corrected chi connectivity index (χ1v) is 4.40. The van der Waals surface area contributed by atoms with Gasteiger partial charge in [0.25, 0.3) is 0 Å². The fourth-order valence-electron chi connectivity index (χ4n) is 1.46. The monoisotopic (exact) mass is 184 g/mol. The van der Waals surface area contributed by atoms with E-state index < -0.39 is 0 Å². The molecule has 0 bridgehead atoms. The molecule has 2 amide bonds. The lowest BCUT2D eigenvalue weighted by Gasteiger charge is -2.33. The van der Waals surface area contributed by atoms with E-state index in [0.29, 0.717) is 26.3 Å². The number of hydrogen-bond donors (Lipinski definition) is 1. The number of ether oxygens (including phenoxy) is 1. The Kier molecular flexibility index (Phi) is 2.18. The van der Waals surface area contributed by atoms with Crippen LogP contribution in [-0.4, -0.2) is 49.6 Å². The van der Waals surface area contributed by atoms with Crippen LogP contribution in [0.4, 0.5) is 0 Å². The van der Waals surface area contributed by atoms with Crippen LogP contribution in [-0.2, 0) is 14.3 Å². The molecule has 1 N–H and O–H groups in total. The molecular formula is C8H12N2O3. The van der Waals surface area contributed by atoms with Gasteiger partial charge in [0, 0.05) is 13.1 Å². The summed E-state index contributed by atoms with van der Waals surface area (Å²) in [5, 5.41) is 2.68. The molecule has 0 saturated carbocycles. The summed E-state index contributed by atoms with van der Waals surface area (Å²) in [6.45, 7) is 2.42. The van der Waals surface area contributed by atoms with Crippen molar-refractivity contribution in [1.29, 1.82) is 0 Å². The summed E-state index contributed by atoms with van der Waals surface area (Å²) in [6, 6.07) is 0. The number of rotatable bonds is 1. The summed E-state index contributed by atoms with van der Waals surface area (Å²) in [6.07, 6.45) is 0. The van der Waals surface area contributed by atoms with Crippen molar-refractivity contribution < 1.29 is 14.3 Å². The van der Waals surface area contributed by atoms with Gasteiger partial charge >= 0.3 is 0 Å². The van der Waals surface area contributed by atoms with Gasteiger partial charge in [-0.3, -0.25) is 9.59 Å². The molecule has 2 heterocycles. The predicted molar refractivity (Wildman–Crippen MR) is 43.9 cm³/mol. The second-order valence-corrected chi connectivity index (χ2v) is 3.34. The van der Waals surface area contributed by atoms with Crippen molar-refractivity contribution in [2.75, 3.05) is 32.8 Å². The fraction of sp³-hybridized carbons (Fsp3) is 0.750. The summed E-state index contributed by atoms with van der Waals surface area (Å²) in [5.74, 6) is -0.0214. The van der Waals surface area contributed by atoms with Gasteiger partial charge < -0.3 is 15.0 Å². The average molecular weight is 184 g/mol. The Balaban J connectivity index is 1.91. The second kappa shape index (κ2) is 3.33. The Labute approximate surface area is 76.0 Å². The maximum absolute atomic E-state index is 11.6. The second-order valence-electron chi connectivity index (χ2n) is 3.34. The molecule has 0 spiro atoms. The molecule has 0 atom stereocenters. The Hall–Kier alpha value is -1.10. The predicted octanol–water partition coefficient (Wildman–Crippen LogP) is -1.41. The molecule has 0 aliphatic carbocycles. The number of amides is 2. The third kappa shape index (κ3) is 1.65. The van der Waals surface area contributed by atoms with Crippen molar-refractivity contribution in [1.82, 2.24) is 10.2 Å². The quantitative estimate of drug-likeness (QED) is 0.544. The minimum atomic E-state index is -0.0696. The molecule has 0 unspecified atom stereocenters. The minimum absolute atomic E-state index is 0.00843. The molecule has 0 radical (unpaired) electrons. The number of piperazine rings is 1. The number of carbonyl (C=O) groups excluding carboxylic acids is 2. The molecule has 2 saturated heterocycles. The normalized spacial score (nSPS) is 23.7. The van der Waals surface area contributed by atoms with Gasteiger partial charge in [-0.25, -0.2) is 0 Å². The van der Waals surface area contributed by atoms with Crippen LogP contribution in [0.5, 0.6) is 0 Å². The largest absolute Gasteiger partial charge is 0.380 e. The van der Waals surface area contributed by atoms with Gasteiger partial charge in [-0.05, 0) is 0 Å². The number of nitrogens with zero attached hydrogens (tertiary/aromatic N) is 1. The lowest BCUT2D eigenvalue weighted by molar-refractivity contribution is -0.153. The van der Waals surface area contributed by atoms with E-state index in [1.54, 1.807) is 4.90 Å². The van der Waals surface area contributed by atoms with Gasteiger partial charge in [0.1, 0.15) is 0 Å². The van der Waals surface area contributed by atoms with Crippen LogP contribution in [0.3, 0.4) is 0 Å². The Morgan fingerprint density at radius 1 is 1.54 bits per heavy atom. The van der Waals surface area contributed by atoms with E-state index in [0.717, 1.165) is 0 Å². The van der Waals surface area contributed by atoms with E-state index in [4.69, 9.17) is 4.74 Å². The maximum Gasteiger partial charge on any atom is 0.239 e. The van der Waals surface area contributed by atoms with Gasteiger partial charge in [0.15, 0.2) is 0 Å². The van der Waals surface area contributed by atoms with E-state index in [1.165, 1.54) is 0 Å². The molecule has 2 rings (SSSR count). The van der Waals surface area contributed by atoms with E-state index in [9.17, 15) is 9.59 Å². The number of nitrogens with one attached hydrogen (secondary N) is 1. The highest BCUT2D eigenvalue weighted by Crippen LogP contribution is 2.13. The van der Waals surface area contributed by atoms with Crippen molar-refractivity contribution in [2.45, 2.75) is 0 Å². The Bertz CT molecular complexity index is 238. The van der Waals surface area contributed by atoms with Crippen molar-refractivity contribution in [2.24, 2.45) is 5.92 Å². The molecular weight excluding hydrogens is 172 g/mol. The van der Waals surface area contributed by atoms with Gasteiger partial charge in [-0.15, -0.1) is 0 Å². The lowest BCUT2D eigenvalue weighted by Crippen LogP contribution is -2.54. The highest BCUT2D eigenvalue weighted by Gasteiger charge is 2.32. The number of hydrogen-bond acceptors (Lipinski definition) is 3. The van der Waals surface area contributed by atoms with Crippen molar-refractivity contribution in [3.8, 4) is 0 Å². The SMILES string of the molecule is O=C1CN(C(=O)C2COC2)CCN1. The van der Waals surface area contributed by atoms with Crippen molar-refractivity contribution in [3.05, 3.63) is 0 Å². The topological polar surface area (TPSA) is 58.6 Å². The third-order valence-electron chi connectivity index (χ3n) is 2.34. The summed E-state index contributed by atoms with van der Waals surface area (Å²) in [4.78, 5) is 24.2. The van der Waals surface area contributed by atoms with Gasteiger partial charge in [0.05, 0.1) is 25.7 Å². The van der Waals surface area contributed by atoms with Crippen molar-refractivity contribution in [3.63, 3.8) is 0 Å². The zero-order chi connectivity index (χ0) is 9.26. The first-order chi connectivity index (χ1) is 6.27. The van der Waals surface area contributed by atoms with Gasteiger partial charge in [-0.1, -0.05) is 0 Å². The first kappa shape index (κ1) is 8.50. The molecule has 72 valence electrons. The smallest absolute Gasteiger partial charge is 0.239 e. The number of carbonyl (C=O) groups is 2. The van der Waals surface area contributed by atoms with E-state index >= 15 is 0 Å². The summed E-state index contributed by atoms with van der Waals surface area (Å²) in [7, 11) is 0. The van der Waals surface area contributed by atoms with E-state index in [2.05, 4.69) is 5.32 Å². The standard InChI is InChI=1S/C8H12N2O3/c11-7-3-10(2-1-9-7)8(12)6-4-13-5-6/h6H,1-5H2,(H,9,11). The molecule has 0 aromatic rings. The molecule has 0 aromatic carbocycles. The molecule has 2 aliphatic heterocycles. The highest BCUT2D eigenvalue weighted by atomic mass is 16.5. The third-order valence-corrected chi connectivity index (χ3v) is 2.34. The summed E-state index contributed by atoms with van der Waals surface area (Å²) < 4.78 is 4.93. The lowest BCUT2D eigenvalue weighted by atomic mass is 10.1. The highest BCUT2D eigenvalue weighted by molar-refractivity contribution is 5.87. The van der Waals surface area contributed by atoms with Gasteiger partial charge in [0.2, 0.25) is 11.8 Å². The van der Waals surface area contributed by atoms with Crippen LogP contribution in [0.25, 0.3) is 0 Å². The van der Waals surface area contributed by atoms with Crippen LogP contribution in [0.15, 0.2) is 0 Å². The molecule has 2 fully saturated rings. The van der Waals surface area contributed by atoms with E-state index in [-0.39, 0.29) is 24.3 Å². The Morgan fingerprint density at radius 3 is 2.85 bits per heavy atom. The minimum Gasteiger partial charge on any atom is -0.380 e. The van der Waals surface area contributed by atoms with Crippen LogP contribution in [0, 0.1) is 5.92 Å². The first-order valence-electron chi connectivity index (χ1n) is 4.40. The van der Waals surface area contributed by atoms with E-state index in [1.807, 2.05) is 0 Å². The zero-order valence-corrected chi connectivity index (χ0v) is 7.28. The van der Waals surface area contributed by atoms with Crippen molar-refractivity contribution >= 4 is 11.8 Å². The molecule has 5 nitrogen and oxygen atoms in total.